The highest BCUT2D eigenvalue weighted by atomic mass is 16.2. The lowest BCUT2D eigenvalue weighted by Crippen LogP contribution is -2.50. The lowest BCUT2D eigenvalue weighted by atomic mass is 9.81. The minimum atomic E-state index is -0.409. The first-order chi connectivity index (χ1) is 11.1. The summed E-state index contributed by atoms with van der Waals surface area (Å²) in [6.07, 6.45) is 2.67. The molecule has 1 atom stereocenters. The summed E-state index contributed by atoms with van der Waals surface area (Å²) in [7, 11) is 0. The Morgan fingerprint density at radius 1 is 1.30 bits per heavy atom. The van der Waals surface area contributed by atoms with Crippen LogP contribution in [-0.4, -0.2) is 36.5 Å². The summed E-state index contributed by atoms with van der Waals surface area (Å²) in [6, 6.07) is 8.97. The van der Waals surface area contributed by atoms with Gasteiger partial charge in [-0.05, 0) is 37.3 Å². The lowest BCUT2D eigenvalue weighted by Gasteiger charge is -2.35. The Labute approximate surface area is 140 Å². The summed E-state index contributed by atoms with van der Waals surface area (Å²) in [5, 5.41) is 3.14. The van der Waals surface area contributed by atoms with Crippen molar-refractivity contribution in [2.75, 3.05) is 19.6 Å². The Hall–Kier alpha value is -1.39. The van der Waals surface area contributed by atoms with Gasteiger partial charge in [-0.25, -0.2) is 0 Å². The molecule has 0 fully saturated rings. The molecule has 0 spiro atoms. The number of hydrogen-bond acceptors (Lipinski definition) is 3. The van der Waals surface area contributed by atoms with E-state index in [2.05, 4.69) is 41.4 Å². The van der Waals surface area contributed by atoms with Crippen LogP contribution in [-0.2, 0) is 17.8 Å². The van der Waals surface area contributed by atoms with Gasteiger partial charge < -0.3 is 11.1 Å². The average molecular weight is 317 g/mol. The fourth-order valence-corrected chi connectivity index (χ4v) is 3.40. The SMILES string of the molecule is CCC(CC)(CN)C(=O)NCC(C)N1CCc2ccccc2C1. The van der Waals surface area contributed by atoms with Crippen LogP contribution < -0.4 is 11.1 Å². The van der Waals surface area contributed by atoms with E-state index in [1.165, 1.54) is 11.1 Å². The van der Waals surface area contributed by atoms with E-state index in [1.807, 2.05) is 13.8 Å². The number of rotatable bonds is 7. The van der Waals surface area contributed by atoms with Gasteiger partial charge in [-0.2, -0.15) is 0 Å². The maximum absolute atomic E-state index is 12.5. The molecule has 1 aromatic carbocycles. The molecule has 23 heavy (non-hydrogen) atoms. The van der Waals surface area contributed by atoms with Crippen molar-refractivity contribution >= 4 is 5.91 Å². The van der Waals surface area contributed by atoms with Gasteiger partial charge in [0, 0.05) is 32.2 Å². The molecule has 1 unspecified atom stereocenters. The Balaban J connectivity index is 1.91. The zero-order valence-electron chi connectivity index (χ0n) is 14.8. The van der Waals surface area contributed by atoms with Crippen LogP contribution in [0.2, 0.25) is 0 Å². The van der Waals surface area contributed by atoms with E-state index in [0.717, 1.165) is 32.4 Å². The van der Waals surface area contributed by atoms with Crippen molar-refractivity contribution in [2.45, 2.75) is 52.6 Å². The van der Waals surface area contributed by atoms with Crippen molar-refractivity contribution in [3.63, 3.8) is 0 Å². The van der Waals surface area contributed by atoms with Gasteiger partial charge in [0.25, 0.3) is 0 Å². The highest BCUT2D eigenvalue weighted by Crippen LogP contribution is 2.25. The number of nitrogens with zero attached hydrogens (tertiary/aromatic N) is 1. The molecule has 1 aliphatic heterocycles. The van der Waals surface area contributed by atoms with E-state index >= 15 is 0 Å². The van der Waals surface area contributed by atoms with Gasteiger partial charge in [-0.1, -0.05) is 38.1 Å². The number of amides is 1. The molecular formula is C19H31N3O. The van der Waals surface area contributed by atoms with E-state index in [-0.39, 0.29) is 5.91 Å². The van der Waals surface area contributed by atoms with E-state index in [0.29, 0.717) is 19.1 Å². The molecule has 3 N–H and O–H groups in total. The highest BCUT2D eigenvalue weighted by Gasteiger charge is 2.33. The van der Waals surface area contributed by atoms with Crippen LogP contribution in [0.1, 0.15) is 44.7 Å². The molecule has 1 aliphatic rings. The minimum Gasteiger partial charge on any atom is -0.354 e. The van der Waals surface area contributed by atoms with Crippen molar-refractivity contribution in [1.82, 2.24) is 10.2 Å². The third-order valence-corrected chi connectivity index (χ3v) is 5.57. The molecule has 1 amide bonds. The first-order valence-corrected chi connectivity index (χ1v) is 8.85. The zero-order chi connectivity index (χ0) is 16.9. The van der Waals surface area contributed by atoms with Crippen molar-refractivity contribution in [3.05, 3.63) is 35.4 Å². The van der Waals surface area contributed by atoms with Crippen molar-refractivity contribution < 1.29 is 4.79 Å². The second-order valence-electron chi connectivity index (χ2n) is 6.74. The molecule has 4 heteroatoms. The number of carbonyl (C=O) groups excluding carboxylic acids is 1. The van der Waals surface area contributed by atoms with E-state index in [4.69, 9.17) is 5.73 Å². The van der Waals surface area contributed by atoms with Gasteiger partial charge in [0.2, 0.25) is 5.91 Å². The second-order valence-corrected chi connectivity index (χ2v) is 6.74. The minimum absolute atomic E-state index is 0.106. The summed E-state index contributed by atoms with van der Waals surface area (Å²) in [5.41, 5.74) is 8.32. The molecule has 0 aromatic heterocycles. The van der Waals surface area contributed by atoms with E-state index in [1.54, 1.807) is 0 Å². The van der Waals surface area contributed by atoms with Crippen molar-refractivity contribution in [2.24, 2.45) is 11.1 Å². The van der Waals surface area contributed by atoms with E-state index in [9.17, 15) is 4.79 Å². The predicted octanol–water partition coefficient (Wildman–Crippen LogP) is 2.31. The monoisotopic (exact) mass is 317 g/mol. The highest BCUT2D eigenvalue weighted by molar-refractivity contribution is 5.82. The molecule has 4 nitrogen and oxygen atoms in total. The number of benzene rings is 1. The summed E-state index contributed by atoms with van der Waals surface area (Å²) in [5.74, 6) is 0.106. The van der Waals surface area contributed by atoms with Crippen LogP contribution in [0.25, 0.3) is 0 Å². The number of hydrogen-bond donors (Lipinski definition) is 2. The van der Waals surface area contributed by atoms with Crippen LogP contribution in [0.15, 0.2) is 24.3 Å². The fraction of sp³-hybridized carbons (Fsp3) is 0.632. The number of fused-ring (bicyclic) bond motifs is 1. The van der Waals surface area contributed by atoms with Crippen LogP contribution in [0, 0.1) is 5.41 Å². The molecule has 1 heterocycles. The molecular weight excluding hydrogens is 286 g/mol. The van der Waals surface area contributed by atoms with Crippen LogP contribution >= 0.6 is 0 Å². The van der Waals surface area contributed by atoms with Gasteiger partial charge in [0.15, 0.2) is 0 Å². The zero-order valence-corrected chi connectivity index (χ0v) is 14.8. The third kappa shape index (κ3) is 3.93. The maximum atomic E-state index is 12.5. The molecule has 128 valence electrons. The normalized spacial score (nSPS) is 16.7. The smallest absolute Gasteiger partial charge is 0.227 e. The second kappa shape index (κ2) is 7.93. The van der Waals surface area contributed by atoms with E-state index < -0.39 is 5.41 Å². The van der Waals surface area contributed by atoms with Gasteiger partial charge in [0.05, 0.1) is 5.41 Å². The average Bonchev–Trinajstić information content (AvgIpc) is 2.61. The van der Waals surface area contributed by atoms with Gasteiger partial charge >= 0.3 is 0 Å². The molecule has 0 bridgehead atoms. The first kappa shape index (κ1) is 18.0. The summed E-state index contributed by atoms with van der Waals surface area (Å²) >= 11 is 0. The van der Waals surface area contributed by atoms with Gasteiger partial charge in [0.1, 0.15) is 0 Å². The van der Waals surface area contributed by atoms with Crippen LogP contribution in [0.3, 0.4) is 0 Å². The maximum Gasteiger partial charge on any atom is 0.227 e. The summed E-state index contributed by atoms with van der Waals surface area (Å²) in [4.78, 5) is 15.0. The van der Waals surface area contributed by atoms with Crippen molar-refractivity contribution in [1.29, 1.82) is 0 Å². The predicted molar refractivity (Wildman–Crippen MR) is 95.1 cm³/mol. The molecule has 0 saturated heterocycles. The molecule has 2 rings (SSSR count). The van der Waals surface area contributed by atoms with Gasteiger partial charge in [-0.15, -0.1) is 0 Å². The first-order valence-electron chi connectivity index (χ1n) is 8.85. The Morgan fingerprint density at radius 2 is 1.96 bits per heavy atom. The van der Waals surface area contributed by atoms with Crippen molar-refractivity contribution in [3.8, 4) is 0 Å². The van der Waals surface area contributed by atoms with Gasteiger partial charge in [-0.3, -0.25) is 9.69 Å². The molecule has 1 aromatic rings. The molecule has 0 saturated carbocycles. The Kier molecular flexibility index (Phi) is 6.19. The summed E-state index contributed by atoms with van der Waals surface area (Å²) in [6.45, 7) is 9.40. The van der Waals surface area contributed by atoms with Crippen LogP contribution in [0.5, 0.6) is 0 Å². The summed E-state index contributed by atoms with van der Waals surface area (Å²) < 4.78 is 0. The third-order valence-electron chi connectivity index (χ3n) is 5.57. The fourth-order valence-electron chi connectivity index (χ4n) is 3.40. The Morgan fingerprint density at radius 3 is 2.57 bits per heavy atom. The lowest BCUT2D eigenvalue weighted by molar-refractivity contribution is -0.131. The Bertz CT molecular complexity index is 517. The number of nitrogens with one attached hydrogen (secondary N) is 1. The number of carbonyl (C=O) groups is 1. The molecule has 0 aliphatic carbocycles. The molecule has 0 radical (unpaired) electrons. The topological polar surface area (TPSA) is 58.4 Å². The largest absolute Gasteiger partial charge is 0.354 e. The number of nitrogens with two attached hydrogens (primary N) is 1. The van der Waals surface area contributed by atoms with Crippen LogP contribution in [0.4, 0.5) is 0 Å². The quantitative estimate of drug-likeness (QED) is 0.811. The standard InChI is InChI=1S/C19H31N3O/c1-4-19(5-2,14-20)18(23)21-12-15(3)22-11-10-16-8-6-7-9-17(16)13-22/h6-9,15H,4-5,10-14,20H2,1-3H3,(H,21,23).